The zero-order valence-electron chi connectivity index (χ0n) is 14.0. The molecule has 1 heterocycles. The Morgan fingerprint density at radius 3 is 2.91 bits per heavy atom. The molecule has 2 saturated carbocycles. The van der Waals surface area contributed by atoms with Crippen LogP contribution in [-0.2, 0) is 18.6 Å². The van der Waals surface area contributed by atoms with Crippen molar-refractivity contribution in [2.75, 3.05) is 0 Å². The average molecular weight is 348 g/mol. The molecule has 3 rings (SSSR count). The lowest BCUT2D eigenvalue weighted by Crippen LogP contribution is -2.27. The van der Waals surface area contributed by atoms with E-state index < -0.39 is 0 Å². The molecule has 0 aromatic rings. The van der Waals surface area contributed by atoms with Crippen molar-refractivity contribution in [2.24, 2.45) is 17.8 Å². The molecule has 6 heteroatoms. The summed E-state index contributed by atoms with van der Waals surface area (Å²) in [6.07, 6.45) is 10.2. The summed E-state index contributed by atoms with van der Waals surface area (Å²) in [5.74, 6) is 1.20. The standard InChI is InChI=1S/C16H28O4P2/c17-16-8-12-11(15(20-22)9-14(12)18-16)6-7-13(19-21)10-4-2-1-3-5-10/h10-15H,1-9,21-22H2/t11-,12-,13+,14+,15-/m1/s1/i22T/t11-,12-,13+,14+,15-,22?. The quantitative estimate of drug-likeness (QED) is 0.520. The number of rotatable bonds is 7. The summed E-state index contributed by atoms with van der Waals surface area (Å²) in [7, 11) is 2.21. The van der Waals surface area contributed by atoms with E-state index in [0.29, 0.717) is 18.3 Å². The molecule has 0 radical (unpaired) electrons. The Balaban J connectivity index is 1.58. The number of esters is 1. The van der Waals surface area contributed by atoms with Gasteiger partial charge in [0.1, 0.15) is 6.10 Å². The molecule has 7 atom stereocenters. The van der Waals surface area contributed by atoms with Gasteiger partial charge in [-0.25, -0.2) is 0 Å². The molecule has 3 fully saturated rings. The van der Waals surface area contributed by atoms with Crippen LogP contribution >= 0.6 is 18.9 Å². The van der Waals surface area contributed by atoms with Gasteiger partial charge in [0.15, 0.2) is 0 Å². The maximum Gasteiger partial charge on any atom is 0.306 e. The maximum atomic E-state index is 11.6. The van der Waals surface area contributed by atoms with Crippen molar-refractivity contribution in [1.82, 2.24) is 0 Å². The van der Waals surface area contributed by atoms with Gasteiger partial charge in [0.25, 0.3) is 0 Å². The van der Waals surface area contributed by atoms with E-state index in [0.717, 1.165) is 19.3 Å². The molecule has 1 saturated heterocycles. The molecule has 0 aromatic carbocycles. The van der Waals surface area contributed by atoms with Gasteiger partial charge in [0.05, 0.1) is 19.9 Å². The fraction of sp³-hybridized carbons (Fsp3) is 0.938. The predicted octanol–water partition coefficient (Wildman–Crippen LogP) is 3.65. The minimum atomic E-state index is -0.246. The van der Waals surface area contributed by atoms with E-state index in [1.807, 2.05) is 0 Å². The second-order valence-electron chi connectivity index (χ2n) is 7.10. The molecular formula is C16H28O4P2. The molecule has 0 spiro atoms. The van der Waals surface area contributed by atoms with Gasteiger partial charge in [-0.2, -0.15) is 0 Å². The van der Waals surface area contributed by atoms with Gasteiger partial charge in [0, 0.05) is 31.2 Å². The Hall–Kier alpha value is 0.250. The van der Waals surface area contributed by atoms with Crippen LogP contribution in [0.25, 0.3) is 0 Å². The van der Waals surface area contributed by atoms with Crippen LogP contribution in [0.15, 0.2) is 0 Å². The summed E-state index contributed by atoms with van der Waals surface area (Å²) >= 11 is 0. The average Bonchev–Trinajstić information content (AvgIpc) is 3.06. The Labute approximate surface area is 139 Å². The molecule has 126 valence electrons. The molecule has 0 N–H and O–H groups in total. The first-order valence-corrected chi connectivity index (χ1v) is 9.48. The lowest BCUT2D eigenvalue weighted by atomic mass is 9.81. The Kier molecular flexibility index (Phi) is 5.65. The first-order chi connectivity index (χ1) is 11.2. The highest BCUT2D eigenvalue weighted by atomic mass is 31.0. The molecule has 22 heavy (non-hydrogen) atoms. The second kappa shape index (κ2) is 7.88. The first kappa shape index (κ1) is 15.8. The van der Waals surface area contributed by atoms with E-state index in [9.17, 15) is 4.79 Å². The van der Waals surface area contributed by atoms with E-state index in [1.165, 1.54) is 32.1 Å². The van der Waals surface area contributed by atoms with E-state index in [4.69, 9.17) is 15.1 Å². The van der Waals surface area contributed by atoms with Crippen LogP contribution in [0.3, 0.4) is 0 Å². The summed E-state index contributed by atoms with van der Waals surface area (Å²) < 4.78 is 24.2. The SMILES string of the molecule is [3H]PO[C@@H]1C[C@@H]2OC(=O)C[C@@H]2[C@H]1CC[C@H](OP)C1CCCCC1. The van der Waals surface area contributed by atoms with E-state index >= 15 is 0 Å². The van der Waals surface area contributed by atoms with E-state index in [2.05, 4.69) is 9.47 Å². The molecule has 1 aliphatic heterocycles. The summed E-state index contributed by atoms with van der Waals surface area (Å²) in [6.45, 7) is 0. The third kappa shape index (κ3) is 3.66. The largest absolute Gasteiger partial charge is 0.462 e. The summed E-state index contributed by atoms with van der Waals surface area (Å²) in [6, 6.07) is 0. The van der Waals surface area contributed by atoms with E-state index in [1.54, 1.807) is 0 Å². The van der Waals surface area contributed by atoms with Crippen LogP contribution < -0.4 is 0 Å². The van der Waals surface area contributed by atoms with Crippen molar-refractivity contribution < 1.29 is 18.6 Å². The smallest absolute Gasteiger partial charge is 0.306 e. The predicted molar refractivity (Wildman–Crippen MR) is 91.1 cm³/mol. The van der Waals surface area contributed by atoms with Gasteiger partial charge < -0.3 is 13.8 Å². The number of hydrogen-bond donors (Lipinski definition) is 0. The van der Waals surface area contributed by atoms with Crippen molar-refractivity contribution in [1.29, 1.82) is 1.28 Å². The van der Waals surface area contributed by atoms with Gasteiger partial charge in [0.2, 0.25) is 0 Å². The highest BCUT2D eigenvalue weighted by Crippen LogP contribution is 2.46. The zero-order chi connectivity index (χ0) is 16.2. The van der Waals surface area contributed by atoms with Gasteiger partial charge in [-0.3, -0.25) is 4.79 Å². The number of carbonyl (C=O) groups is 1. The molecule has 4 nitrogen and oxygen atoms in total. The van der Waals surface area contributed by atoms with Crippen molar-refractivity contribution in [3.05, 3.63) is 0 Å². The fourth-order valence-corrected chi connectivity index (χ4v) is 5.40. The molecule has 3 aliphatic rings. The fourth-order valence-electron chi connectivity index (χ4n) is 4.77. The maximum absolute atomic E-state index is 11.6. The van der Waals surface area contributed by atoms with Gasteiger partial charge in [-0.1, -0.05) is 19.3 Å². The normalized spacial score (nSPS) is 38.2. The van der Waals surface area contributed by atoms with Gasteiger partial charge >= 0.3 is 5.97 Å². The van der Waals surface area contributed by atoms with Crippen LogP contribution in [0.1, 0.15) is 57.8 Å². The highest BCUT2D eigenvalue weighted by molar-refractivity contribution is 7.10. The lowest BCUT2D eigenvalue weighted by molar-refractivity contribution is -0.141. The van der Waals surface area contributed by atoms with Crippen molar-refractivity contribution >= 4 is 24.8 Å². The van der Waals surface area contributed by atoms with Crippen LogP contribution in [0.4, 0.5) is 0 Å². The molecule has 2 aliphatic carbocycles. The number of fused-ring (bicyclic) bond motifs is 1. The number of carbonyl (C=O) groups excluding carboxylic acids is 1. The minimum Gasteiger partial charge on any atom is -0.462 e. The van der Waals surface area contributed by atoms with Crippen molar-refractivity contribution in [2.45, 2.75) is 76.1 Å². The number of ether oxygens (including phenoxy) is 1. The molecule has 0 amide bonds. The van der Waals surface area contributed by atoms with Crippen LogP contribution in [0.2, 0.25) is 0 Å². The Morgan fingerprint density at radius 1 is 1.36 bits per heavy atom. The third-order valence-electron chi connectivity index (χ3n) is 5.94. The Bertz CT molecular complexity index is 406. The van der Waals surface area contributed by atoms with Crippen LogP contribution in [0.5, 0.6) is 0 Å². The summed E-state index contributed by atoms with van der Waals surface area (Å²) in [5.41, 5.74) is 0. The summed E-state index contributed by atoms with van der Waals surface area (Å²) in [5, 5.41) is 0. The minimum absolute atomic E-state index is 0.0129. The lowest BCUT2D eigenvalue weighted by Gasteiger charge is -2.31. The van der Waals surface area contributed by atoms with Gasteiger partial charge in [-0.15, -0.1) is 0 Å². The number of hydrogen-bond acceptors (Lipinski definition) is 4. The monoisotopic (exact) mass is 348 g/mol. The molecule has 0 aromatic heterocycles. The first-order valence-electron chi connectivity index (χ1n) is 9.10. The Morgan fingerprint density at radius 2 is 2.18 bits per heavy atom. The molecule has 2 unspecified atom stereocenters. The van der Waals surface area contributed by atoms with Crippen molar-refractivity contribution in [3.8, 4) is 0 Å². The molecule has 0 bridgehead atoms. The third-order valence-corrected chi connectivity index (χ3v) is 6.59. The zero-order valence-corrected chi connectivity index (χ0v) is 15.2. The van der Waals surface area contributed by atoms with Crippen LogP contribution in [0, 0.1) is 17.8 Å². The summed E-state index contributed by atoms with van der Waals surface area (Å²) in [4.78, 5) is 11.6. The van der Waals surface area contributed by atoms with Crippen LogP contribution in [-0.4, -0.2) is 25.6 Å². The van der Waals surface area contributed by atoms with Crippen molar-refractivity contribution in [3.63, 3.8) is 0 Å². The van der Waals surface area contributed by atoms with Gasteiger partial charge in [-0.05, 0) is 37.5 Å². The second-order valence-corrected chi connectivity index (χ2v) is 7.61. The topological polar surface area (TPSA) is 44.8 Å². The molecular weight excluding hydrogens is 318 g/mol. The highest BCUT2D eigenvalue weighted by Gasteiger charge is 2.50. The van der Waals surface area contributed by atoms with E-state index in [-0.39, 0.29) is 39.6 Å².